The highest BCUT2D eigenvalue weighted by atomic mass is 16.7. The molecular weight excluding hydrogens is 330 g/mol. The molecule has 0 aromatic heterocycles. The van der Waals surface area contributed by atoms with Gasteiger partial charge in [0.15, 0.2) is 11.5 Å². The molecule has 0 N–H and O–H groups in total. The van der Waals surface area contributed by atoms with Crippen molar-refractivity contribution in [3.05, 3.63) is 59.2 Å². The SMILES string of the molecule is Cc1cccc(CO[C@H]2CCCN(C(=O)c3ccc4c(c3)OCO4)C2)c1. The molecule has 2 aliphatic rings. The number of hydrogen-bond acceptors (Lipinski definition) is 4. The first-order valence-electron chi connectivity index (χ1n) is 9.05. The van der Waals surface area contributed by atoms with E-state index in [1.165, 1.54) is 11.1 Å². The number of rotatable bonds is 4. The van der Waals surface area contributed by atoms with Crippen LogP contribution in [0.15, 0.2) is 42.5 Å². The van der Waals surface area contributed by atoms with E-state index in [1.807, 2.05) is 11.0 Å². The second-order valence-electron chi connectivity index (χ2n) is 6.88. The Kier molecular flexibility index (Phi) is 4.80. The molecule has 0 aliphatic carbocycles. The summed E-state index contributed by atoms with van der Waals surface area (Å²) < 4.78 is 16.8. The van der Waals surface area contributed by atoms with Crippen molar-refractivity contribution in [3.63, 3.8) is 0 Å². The Morgan fingerprint density at radius 2 is 2.08 bits per heavy atom. The van der Waals surface area contributed by atoms with Crippen LogP contribution in [0.1, 0.15) is 34.3 Å². The van der Waals surface area contributed by atoms with Crippen LogP contribution in [0.4, 0.5) is 0 Å². The summed E-state index contributed by atoms with van der Waals surface area (Å²) in [7, 11) is 0. The van der Waals surface area contributed by atoms with Gasteiger partial charge in [0.25, 0.3) is 5.91 Å². The molecule has 2 heterocycles. The van der Waals surface area contributed by atoms with Crippen LogP contribution in [0.5, 0.6) is 11.5 Å². The summed E-state index contributed by atoms with van der Waals surface area (Å²) in [6.07, 6.45) is 2.01. The molecule has 0 unspecified atom stereocenters. The van der Waals surface area contributed by atoms with Crippen molar-refractivity contribution in [2.24, 2.45) is 0 Å². The standard InChI is InChI=1S/C21H23NO4/c1-15-4-2-5-16(10-15)13-24-18-6-3-9-22(12-18)21(23)17-7-8-19-20(11-17)26-14-25-19/h2,4-5,7-8,10-11,18H,3,6,9,12-14H2,1H3/t18-/m0/s1. The highest BCUT2D eigenvalue weighted by molar-refractivity contribution is 5.95. The first kappa shape index (κ1) is 16.9. The van der Waals surface area contributed by atoms with Crippen molar-refractivity contribution < 1.29 is 19.0 Å². The maximum Gasteiger partial charge on any atom is 0.254 e. The van der Waals surface area contributed by atoms with Gasteiger partial charge in [-0.05, 0) is 43.5 Å². The van der Waals surface area contributed by atoms with Crippen LogP contribution >= 0.6 is 0 Å². The van der Waals surface area contributed by atoms with Crippen LogP contribution in [0, 0.1) is 6.92 Å². The summed E-state index contributed by atoms with van der Waals surface area (Å²) in [5.74, 6) is 1.35. The first-order chi connectivity index (χ1) is 12.7. The van der Waals surface area contributed by atoms with Crippen molar-refractivity contribution in [2.45, 2.75) is 32.5 Å². The Hall–Kier alpha value is -2.53. The number of amides is 1. The third kappa shape index (κ3) is 3.68. The summed E-state index contributed by atoms with van der Waals surface area (Å²) in [5, 5.41) is 0. The molecule has 5 nitrogen and oxygen atoms in total. The minimum atomic E-state index is 0.0205. The van der Waals surface area contributed by atoms with Crippen LogP contribution in [-0.4, -0.2) is 36.8 Å². The van der Waals surface area contributed by atoms with Crippen LogP contribution < -0.4 is 9.47 Å². The number of piperidine rings is 1. The van der Waals surface area contributed by atoms with Crippen LogP contribution in [-0.2, 0) is 11.3 Å². The number of carbonyl (C=O) groups is 1. The Bertz CT molecular complexity index is 804. The van der Waals surface area contributed by atoms with E-state index >= 15 is 0 Å². The average Bonchev–Trinajstić information content (AvgIpc) is 3.14. The molecule has 2 aliphatic heterocycles. The van der Waals surface area contributed by atoms with Gasteiger partial charge in [0.1, 0.15) is 0 Å². The van der Waals surface area contributed by atoms with E-state index < -0.39 is 0 Å². The molecule has 0 bridgehead atoms. The quantitative estimate of drug-likeness (QED) is 0.843. The van der Waals surface area contributed by atoms with E-state index in [9.17, 15) is 4.79 Å². The molecule has 1 fully saturated rings. The maximum absolute atomic E-state index is 12.8. The highest BCUT2D eigenvalue weighted by Gasteiger charge is 2.26. The lowest BCUT2D eigenvalue weighted by Gasteiger charge is -2.32. The molecule has 1 saturated heterocycles. The molecule has 26 heavy (non-hydrogen) atoms. The fourth-order valence-electron chi connectivity index (χ4n) is 3.49. The van der Waals surface area contributed by atoms with Gasteiger partial charge in [-0.3, -0.25) is 4.79 Å². The number of nitrogens with zero attached hydrogens (tertiary/aromatic N) is 1. The molecule has 0 saturated carbocycles. The van der Waals surface area contributed by atoms with Gasteiger partial charge in [0.05, 0.1) is 12.7 Å². The zero-order chi connectivity index (χ0) is 17.9. The normalized spacial score (nSPS) is 18.8. The zero-order valence-electron chi connectivity index (χ0n) is 14.9. The van der Waals surface area contributed by atoms with Gasteiger partial charge in [0, 0.05) is 18.7 Å². The van der Waals surface area contributed by atoms with Gasteiger partial charge in [-0.1, -0.05) is 29.8 Å². The predicted molar refractivity (Wildman–Crippen MR) is 97.5 cm³/mol. The molecule has 2 aromatic carbocycles. The monoisotopic (exact) mass is 353 g/mol. The van der Waals surface area contributed by atoms with Gasteiger partial charge in [-0.2, -0.15) is 0 Å². The van der Waals surface area contributed by atoms with Crippen molar-refractivity contribution in [1.82, 2.24) is 4.90 Å². The summed E-state index contributed by atoms with van der Waals surface area (Å²) in [4.78, 5) is 14.7. The summed E-state index contributed by atoms with van der Waals surface area (Å²) >= 11 is 0. The Morgan fingerprint density at radius 1 is 1.19 bits per heavy atom. The summed E-state index contributed by atoms with van der Waals surface area (Å²) in [6, 6.07) is 13.7. The van der Waals surface area contributed by atoms with E-state index in [0.717, 1.165) is 19.4 Å². The van der Waals surface area contributed by atoms with Gasteiger partial charge in [-0.25, -0.2) is 0 Å². The molecule has 136 valence electrons. The van der Waals surface area contributed by atoms with Crippen molar-refractivity contribution in [2.75, 3.05) is 19.9 Å². The van der Waals surface area contributed by atoms with Crippen LogP contribution in [0.2, 0.25) is 0 Å². The molecule has 0 radical (unpaired) electrons. The number of benzene rings is 2. The Labute approximate surface area is 153 Å². The second kappa shape index (κ2) is 7.38. The average molecular weight is 353 g/mol. The molecular formula is C21H23NO4. The number of aryl methyl sites for hydroxylation is 1. The summed E-state index contributed by atoms with van der Waals surface area (Å²) in [6.45, 7) is 4.26. The molecule has 4 rings (SSSR count). The van der Waals surface area contributed by atoms with Gasteiger partial charge in [-0.15, -0.1) is 0 Å². The maximum atomic E-state index is 12.8. The van der Waals surface area contributed by atoms with Gasteiger partial charge >= 0.3 is 0 Å². The Morgan fingerprint density at radius 3 is 2.96 bits per heavy atom. The smallest absolute Gasteiger partial charge is 0.254 e. The van der Waals surface area contributed by atoms with Crippen LogP contribution in [0.3, 0.4) is 0 Å². The molecule has 2 aromatic rings. The van der Waals surface area contributed by atoms with E-state index in [4.69, 9.17) is 14.2 Å². The van der Waals surface area contributed by atoms with Gasteiger partial charge in [0.2, 0.25) is 6.79 Å². The van der Waals surface area contributed by atoms with E-state index in [2.05, 4.69) is 25.1 Å². The largest absolute Gasteiger partial charge is 0.454 e. The lowest BCUT2D eigenvalue weighted by Crippen LogP contribution is -2.43. The zero-order valence-corrected chi connectivity index (χ0v) is 14.9. The number of hydrogen-bond donors (Lipinski definition) is 0. The minimum Gasteiger partial charge on any atom is -0.454 e. The second-order valence-corrected chi connectivity index (χ2v) is 6.88. The number of fused-ring (bicyclic) bond motifs is 1. The highest BCUT2D eigenvalue weighted by Crippen LogP contribution is 2.33. The van der Waals surface area contributed by atoms with E-state index in [0.29, 0.717) is 30.2 Å². The fraction of sp³-hybridized carbons (Fsp3) is 0.381. The third-order valence-electron chi connectivity index (χ3n) is 4.85. The van der Waals surface area contributed by atoms with E-state index in [-0.39, 0.29) is 18.8 Å². The Balaban J connectivity index is 1.37. The van der Waals surface area contributed by atoms with Crippen LogP contribution in [0.25, 0.3) is 0 Å². The van der Waals surface area contributed by atoms with E-state index in [1.54, 1.807) is 18.2 Å². The molecule has 1 amide bonds. The number of ether oxygens (including phenoxy) is 3. The van der Waals surface area contributed by atoms with Gasteiger partial charge < -0.3 is 19.1 Å². The predicted octanol–water partition coefficient (Wildman–Crippen LogP) is 3.55. The van der Waals surface area contributed by atoms with Crippen molar-refractivity contribution >= 4 is 5.91 Å². The topological polar surface area (TPSA) is 48.0 Å². The lowest BCUT2D eigenvalue weighted by molar-refractivity contribution is -0.00674. The minimum absolute atomic E-state index is 0.0205. The number of carbonyl (C=O) groups excluding carboxylic acids is 1. The lowest BCUT2D eigenvalue weighted by atomic mass is 10.1. The molecule has 5 heteroatoms. The van der Waals surface area contributed by atoms with Crippen molar-refractivity contribution in [3.8, 4) is 11.5 Å². The summed E-state index contributed by atoms with van der Waals surface area (Å²) in [5.41, 5.74) is 3.03. The van der Waals surface area contributed by atoms with Crippen molar-refractivity contribution in [1.29, 1.82) is 0 Å². The number of likely N-dealkylation sites (tertiary alicyclic amines) is 1. The fourth-order valence-corrected chi connectivity index (χ4v) is 3.49. The third-order valence-corrected chi connectivity index (χ3v) is 4.85. The first-order valence-corrected chi connectivity index (χ1v) is 9.05. The molecule has 0 spiro atoms. The molecule has 1 atom stereocenters.